The highest BCUT2D eigenvalue weighted by atomic mass is 19.3. The summed E-state index contributed by atoms with van der Waals surface area (Å²) in [6, 6.07) is -0.673. The van der Waals surface area contributed by atoms with Crippen LogP contribution in [0.1, 0.15) is 13.8 Å². The molecule has 0 saturated heterocycles. The minimum atomic E-state index is -2.52. The number of esters is 1. The summed E-state index contributed by atoms with van der Waals surface area (Å²) in [5, 5.41) is 2.80. The van der Waals surface area contributed by atoms with Crippen molar-refractivity contribution in [3.05, 3.63) is 0 Å². The lowest BCUT2D eigenvalue weighted by Gasteiger charge is -2.16. The normalized spacial score (nSPS) is 12.9. The Hall–Kier alpha value is -0.750. The van der Waals surface area contributed by atoms with Crippen LogP contribution in [-0.2, 0) is 14.3 Å². The van der Waals surface area contributed by atoms with E-state index < -0.39 is 25.0 Å². The van der Waals surface area contributed by atoms with E-state index in [1.54, 1.807) is 13.8 Å². The molecule has 15 heavy (non-hydrogen) atoms. The lowest BCUT2D eigenvalue weighted by molar-refractivity contribution is -0.147. The summed E-state index contributed by atoms with van der Waals surface area (Å²) >= 11 is 0. The monoisotopic (exact) mass is 225 g/mol. The maximum absolute atomic E-state index is 11.8. The molecule has 0 rings (SSSR count). The minimum absolute atomic E-state index is 0.100. The molecule has 0 spiro atoms. The molecule has 0 aromatic rings. The second-order valence-corrected chi connectivity index (χ2v) is 2.79. The fourth-order valence-electron chi connectivity index (χ4n) is 0.975. The second-order valence-electron chi connectivity index (χ2n) is 2.79. The van der Waals surface area contributed by atoms with Gasteiger partial charge in [-0.2, -0.15) is 0 Å². The topological polar surface area (TPSA) is 47.6 Å². The molecule has 1 N–H and O–H groups in total. The predicted octanol–water partition coefficient (Wildman–Crippen LogP) is 0.809. The number of ether oxygens (including phenoxy) is 2. The highest BCUT2D eigenvalue weighted by molar-refractivity contribution is 5.75. The zero-order chi connectivity index (χ0) is 11.7. The van der Waals surface area contributed by atoms with E-state index in [0.717, 1.165) is 0 Å². The summed E-state index contributed by atoms with van der Waals surface area (Å²) in [5.74, 6) is -0.478. The van der Waals surface area contributed by atoms with Crippen LogP contribution >= 0.6 is 0 Å². The number of carbonyl (C=O) groups excluding carboxylic acids is 1. The minimum Gasteiger partial charge on any atom is -0.465 e. The van der Waals surface area contributed by atoms with Gasteiger partial charge < -0.3 is 14.8 Å². The third kappa shape index (κ3) is 7.21. The van der Waals surface area contributed by atoms with Gasteiger partial charge in [-0.25, -0.2) is 8.78 Å². The molecule has 1 unspecified atom stereocenters. The van der Waals surface area contributed by atoms with Crippen LogP contribution in [0.25, 0.3) is 0 Å². The molecule has 6 heteroatoms. The van der Waals surface area contributed by atoms with Crippen LogP contribution in [0.4, 0.5) is 8.78 Å². The van der Waals surface area contributed by atoms with E-state index in [2.05, 4.69) is 10.1 Å². The van der Waals surface area contributed by atoms with Crippen LogP contribution in [-0.4, -0.2) is 44.8 Å². The number of rotatable bonds is 8. The first kappa shape index (κ1) is 14.2. The summed E-state index contributed by atoms with van der Waals surface area (Å²) < 4.78 is 32.9. The van der Waals surface area contributed by atoms with E-state index in [4.69, 9.17) is 4.74 Å². The molecule has 0 radical (unpaired) electrons. The summed E-state index contributed by atoms with van der Waals surface area (Å²) in [4.78, 5) is 11.3. The first-order valence-corrected chi connectivity index (χ1v) is 4.87. The lowest BCUT2D eigenvalue weighted by Crippen LogP contribution is -2.42. The average molecular weight is 225 g/mol. The molecular formula is C9H17F2NO3. The van der Waals surface area contributed by atoms with E-state index in [1.165, 1.54) is 0 Å². The first-order valence-electron chi connectivity index (χ1n) is 4.87. The number of hydrogen-bond acceptors (Lipinski definition) is 4. The van der Waals surface area contributed by atoms with Crippen molar-refractivity contribution >= 4 is 5.97 Å². The highest BCUT2D eigenvalue weighted by Crippen LogP contribution is 1.96. The molecule has 0 aromatic heterocycles. The van der Waals surface area contributed by atoms with Gasteiger partial charge in [-0.05, 0) is 13.5 Å². The van der Waals surface area contributed by atoms with E-state index in [0.29, 0.717) is 6.54 Å². The molecular weight excluding hydrogens is 208 g/mol. The van der Waals surface area contributed by atoms with Crippen molar-refractivity contribution in [2.75, 3.05) is 26.4 Å². The van der Waals surface area contributed by atoms with Gasteiger partial charge in [0.05, 0.1) is 13.2 Å². The zero-order valence-corrected chi connectivity index (χ0v) is 8.96. The van der Waals surface area contributed by atoms with Gasteiger partial charge in [-0.1, -0.05) is 6.92 Å². The van der Waals surface area contributed by atoms with Crippen LogP contribution < -0.4 is 5.32 Å². The van der Waals surface area contributed by atoms with Gasteiger partial charge in [-0.15, -0.1) is 0 Å². The summed E-state index contributed by atoms with van der Waals surface area (Å²) in [5.41, 5.74) is 0. The summed E-state index contributed by atoms with van der Waals surface area (Å²) in [6.07, 6.45) is -2.52. The Bertz CT molecular complexity index is 179. The Labute approximate surface area is 87.9 Å². The van der Waals surface area contributed by atoms with E-state index in [-0.39, 0.29) is 13.2 Å². The van der Waals surface area contributed by atoms with Crippen LogP contribution in [0.3, 0.4) is 0 Å². The third-order valence-corrected chi connectivity index (χ3v) is 1.55. The fraction of sp³-hybridized carbons (Fsp3) is 0.889. The quantitative estimate of drug-likeness (QED) is 0.621. The number of alkyl halides is 2. The lowest BCUT2D eigenvalue weighted by atomic mass is 10.3. The van der Waals surface area contributed by atoms with Crippen molar-refractivity contribution in [3.8, 4) is 0 Å². The Balaban J connectivity index is 3.87. The molecule has 90 valence electrons. The third-order valence-electron chi connectivity index (χ3n) is 1.55. The van der Waals surface area contributed by atoms with Gasteiger partial charge in [0.2, 0.25) is 0 Å². The number of nitrogens with one attached hydrogen (secondary N) is 1. The molecule has 0 heterocycles. The smallest absolute Gasteiger partial charge is 0.325 e. The molecule has 1 atom stereocenters. The average Bonchev–Trinajstić information content (AvgIpc) is 2.16. The SMILES string of the molecule is CCNC(COCC(F)F)C(=O)OCC. The van der Waals surface area contributed by atoms with Crippen molar-refractivity contribution in [2.24, 2.45) is 0 Å². The number of likely N-dealkylation sites (N-methyl/N-ethyl adjacent to an activating group) is 1. The van der Waals surface area contributed by atoms with Gasteiger partial charge >= 0.3 is 5.97 Å². The molecule has 0 aromatic carbocycles. The van der Waals surface area contributed by atoms with Crippen molar-refractivity contribution in [2.45, 2.75) is 26.3 Å². The molecule has 0 bridgehead atoms. The Morgan fingerprint density at radius 2 is 2.00 bits per heavy atom. The highest BCUT2D eigenvalue weighted by Gasteiger charge is 2.19. The van der Waals surface area contributed by atoms with Crippen molar-refractivity contribution in [1.82, 2.24) is 5.32 Å². The first-order chi connectivity index (χ1) is 7.11. The number of hydrogen-bond donors (Lipinski definition) is 1. The van der Waals surface area contributed by atoms with E-state index in [9.17, 15) is 13.6 Å². The largest absolute Gasteiger partial charge is 0.465 e. The van der Waals surface area contributed by atoms with Crippen LogP contribution in [0.5, 0.6) is 0 Å². The van der Waals surface area contributed by atoms with E-state index in [1.807, 2.05) is 0 Å². The van der Waals surface area contributed by atoms with Crippen LogP contribution in [0.15, 0.2) is 0 Å². The number of carbonyl (C=O) groups is 1. The maximum atomic E-state index is 11.8. The van der Waals surface area contributed by atoms with Crippen molar-refractivity contribution in [3.63, 3.8) is 0 Å². The molecule has 0 fully saturated rings. The molecule has 0 aliphatic rings. The Morgan fingerprint density at radius 3 is 2.47 bits per heavy atom. The molecule has 0 aliphatic heterocycles. The van der Waals surface area contributed by atoms with E-state index >= 15 is 0 Å². The second kappa shape index (κ2) is 8.55. The predicted molar refractivity (Wildman–Crippen MR) is 50.9 cm³/mol. The van der Waals surface area contributed by atoms with Gasteiger partial charge in [0, 0.05) is 0 Å². The van der Waals surface area contributed by atoms with Gasteiger partial charge in [-0.3, -0.25) is 4.79 Å². The fourth-order valence-corrected chi connectivity index (χ4v) is 0.975. The van der Waals surface area contributed by atoms with Gasteiger partial charge in [0.25, 0.3) is 6.43 Å². The van der Waals surface area contributed by atoms with Crippen molar-refractivity contribution in [1.29, 1.82) is 0 Å². The molecule has 0 amide bonds. The molecule has 4 nitrogen and oxygen atoms in total. The summed E-state index contributed by atoms with van der Waals surface area (Å²) in [7, 11) is 0. The van der Waals surface area contributed by atoms with Gasteiger partial charge in [0.1, 0.15) is 12.6 Å². The standard InChI is InChI=1S/C9H17F2NO3/c1-3-12-7(9(13)15-4-2)5-14-6-8(10)11/h7-8,12H,3-6H2,1-2H3. The molecule has 0 saturated carbocycles. The Morgan fingerprint density at radius 1 is 1.33 bits per heavy atom. The zero-order valence-electron chi connectivity index (χ0n) is 8.96. The van der Waals surface area contributed by atoms with Crippen molar-refractivity contribution < 1.29 is 23.0 Å². The Kier molecular flexibility index (Phi) is 8.12. The maximum Gasteiger partial charge on any atom is 0.325 e. The van der Waals surface area contributed by atoms with Crippen LogP contribution in [0.2, 0.25) is 0 Å². The van der Waals surface area contributed by atoms with Gasteiger partial charge in [0.15, 0.2) is 0 Å². The summed E-state index contributed by atoms with van der Waals surface area (Å²) in [6.45, 7) is 3.52. The number of halogens is 2. The molecule has 0 aliphatic carbocycles. The van der Waals surface area contributed by atoms with Crippen LogP contribution in [0, 0.1) is 0 Å².